The second-order valence-corrected chi connectivity index (χ2v) is 20.6. The minimum Gasteiger partial charge on any atom is -0.462 e. The molecule has 0 aromatic carbocycles. The molecule has 4 saturated carbocycles. The summed E-state index contributed by atoms with van der Waals surface area (Å²) in [5.74, 6) is -0.714. The molecular formula is C44H72O23. The van der Waals surface area contributed by atoms with E-state index in [2.05, 4.69) is 13.5 Å². The van der Waals surface area contributed by atoms with Crippen molar-refractivity contribution in [3.63, 3.8) is 0 Å². The van der Waals surface area contributed by atoms with Crippen LogP contribution in [0, 0.1) is 28.1 Å². The average molecular weight is 969 g/mol. The van der Waals surface area contributed by atoms with Gasteiger partial charge in [-0.05, 0) is 86.5 Å². The van der Waals surface area contributed by atoms with E-state index in [1.807, 2.05) is 6.92 Å². The summed E-state index contributed by atoms with van der Waals surface area (Å²) in [5, 5.41) is 156. The molecule has 1 spiro atoms. The lowest BCUT2D eigenvalue weighted by atomic mass is 9.41. The normalized spacial score (nSPS) is 49.6. The first-order valence-corrected chi connectivity index (χ1v) is 23.3. The number of hydrogen-bond acceptors (Lipinski definition) is 23. The third kappa shape index (κ3) is 9.38. The van der Waals surface area contributed by atoms with Crippen LogP contribution in [0.4, 0.5) is 0 Å². The van der Waals surface area contributed by atoms with Crippen LogP contribution in [-0.4, -0.2) is 238 Å². The van der Waals surface area contributed by atoms with E-state index in [9.17, 15) is 76.3 Å². The van der Waals surface area contributed by atoms with E-state index in [4.69, 9.17) is 38.3 Å². The van der Waals surface area contributed by atoms with Crippen molar-refractivity contribution in [1.82, 2.24) is 0 Å². The fourth-order valence-electron chi connectivity index (χ4n) is 13.1. The molecule has 0 amide bonds. The van der Waals surface area contributed by atoms with Gasteiger partial charge in [0.1, 0.15) is 104 Å². The zero-order valence-corrected chi connectivity index (χ0v) is 37.7. The highest BCUT2D eigenvalue weighted by molar-refractivity contribution is 5.77. The van der Waals surface area contributed by atoms with Crippen molar-refractivity contribution in [2.75, 3.05) is 33.0 Å². The van der Waals surface area contributed by atoms with E-state index >= 15 is 0 Å². The van der Waals surface area contributed by atoms with Gasteiger partial charge in [0.2, 0.25) is 0 Å². The summed E-state index contributed by atoms with van der Waals surface area (Å²) in [5.41, 5.74) is -2.25. The lowest BCUT2D eigenvalue weighted by molar-refractivity contribution is -0.400. The molecule has 4 aliphatic carbocycles. The molecule has 25 atom stereocenters. The average Bonchev–Trinajstić information content (AvgIpc) is 3.51. The predicted molar refractivity (Wildman–Crippen MR) is 221 cm³/mol. The van der Waals surface area contributed by atoms with Crippen molar-refractivity contribution < 1.29 is 115 Å². The highest BCUT2D eigenvalue weighted by Crippen LogP contribution is 2.73. The van der Waals surface area contributed by atoms with Crippen LogP contribution in [0.5, 0.6) is 0 Å². The molecule has 0 aromatic rings. The molecule has 7 aliphatic rings. The maximum absolute atomic E-state index is 14.0. The van der Waals surface area contributed by atoms with Crippen molar-refractivity contribution in [2.45, 2.75) is 194 Å². The number of hydrogen-bond donors (Lipinski definition) is 15. The lowest BCUT2D eigenvalue weighted by Gasteiger charge is -2.64. The Morgan fingerprint density at radius 1 is 0.657 bits per heavy atom. The third-order valence-corrected chi connectivity index (χ3v) is 16.7. The summed E-state index contributed by atoms with van der Waals surface area (Å²) in [6.45, 7) is 4.56. The van der Waals surface area contributed by atoms with E-state index in [-0.39, 0.29) is 11.8 Å². The third-order valence-electron chi connectivity index (χ3n) is 16.7. The Morgan fingerprint density at radius 3 is 1.75 bits per heavy atom. The molecular weight excluding hydrogens is 896 g/mol. The summed E-state index contributed by atoms with van der Waals surface area (Å²) in [6.07, 6.45) is -28.3. The largest absolute Gasteiger partial charge is 0.462 e. The van der Waals surface area contributed by atoms with Crippen LogP contribution in [0.3, 0.4) is 0 Å². The summed E-state index contributed by atoms with van der Waals surface area (Å²) < 4.78 is 42.4. The summed E-state index contributed by atoms with van der Waals surface area (Å²) in [6, 6.07) is 0. The maximum atomic E-state index is 14.0. The van der Waals surface area contributed by atoms with Crippen molar-refractivity contribution in [3.8, 4) is 0 Å². The smallest absolute Gasteiger partial charge is 0.312 e. The number of aliphatic hydroxyl groups is 15. The van der Waals surface area contributed by atoms with Gasteiger partial charge in [0.25, 0.3) is 0 Å². The van der Waals surface area contributed by atoms with E-state index in [1.165, 1.54) is 0 Å². The van der Waals surface area contributed by atoms with Gasteiger partial charge >= 0.3 is 5.97 Å². The SMILES string of the molecule is C=C1C[C@@]23CC[C@H]4[C@@](C)(CCC[C@@]4(C)C(=O)OC[C@@H](O)[C@@H](O)[C@H](O)[C@H](O)CO)[C@@H]2CC[C@]1(O[C@@H]1O[C@H](CO)[C@@H](O)[C@H](O[C@@H]2O[C@H](CO)[C@@H](O)[C@H](O)[C@H]2O)[C@H]1O[C@@H]1O[C@H](CO)[C@@H](O)[C@H](O)[C@H]1O)C3. The number of carbonyl (C=O) groups excluding carboxylic acids is 1. The van der Waals surface area contributed by atoms with Crippen molar-refractivity contribution in [3.05, 3.63) is 12.2 Å². The first kappa shape index (κ1) is 53.2. The van der Waals surface area contributed by atoms with Crippen molar-refractivity contribution >= 4 is 5.97 Å². The second kappa shape index (κ2) is 20.5. The molecule has 23 heteroatoms. The quantitative estimate of drug-likeness (QED) is 0.0390. The van der Waals surface area contributed by atoms with Crippen LogP contribution < -0.4 is 0 Å². The Kier molecular flexibility index (Phi) is 16.2. The number of carbonyl (C=O) groups is 1. The number of fused-ring (bicyclic) bond motifs is 3. The molecule has 23 nitrogen and oxygen atoms in total. The molecule has 3 heterocycles. The Labute approximate surface area is 387 Å². The first-order valence-electron chi connectivity index (χ1n) is 23.3. The van der Waals surface area contributed by atoms with Crippen LogP contribution in [0.2, 0.25) is 0 Å². The summed E-state index contributed by atoms with van der Waals surface area (Å²) >= 11 is 0. The van der Waals surface area contributed by atoms with Crippen LogP contribution in [0.15, 0.2) is 12.2 Å². The zero-order chi connectivity index (χ0) is 49.1. The van der Waals surface area contributed by atoms with Crippen LogP contribution in [-0.2, 0) is 38.0 Å². The molecule has 15 N–H and O–H groups in total. The Balaban J connectivity index is 1.14. The maximum Gasteiger partial charge on any atom is 0.312 e. The van der Waals surface area contributed by atoms with E-state index in [0.717, 1.165) is 6.42 Å². The van der Waals surface area contributed by atoms with Gasteiger partial charge in [-0.2, -0.15) is 0 Å². The van der Waals surface area contributed by atoms with Gasteiger partial charge in [-0.25, -0.2) is 0 Å². The molecule has 0 radical (unpaired) electrons. The van der Waals surface area contributed by atoms with Gasteiger partial charge in [0.15, 0.2) is 18.9 Å². The molecule has 0 aromatic heterocycles. The Morgan fingerprint density at radius 2 is 1.18 bits per heavy atom. The molecule has 3 saturated heterocycles. The zero-order valence-electron chi connectivity index (χ0n) is 37.7. The van der Waals surface area contributed by atoms with Crippen LogP contribution in [0.25, 0.3) is 0 Å². The first-order chi connectivity index (χ1) is 31.6. The fourth-order valence-corrected chi connectivity index (χ4v) is 13.1. The minimum absolute atomic E-state index is 0.0346. The highest BCUT2D eigenvalue weighted by atomic mass is 16.8. The number of ether oxygens (including phenoxy) is 7. The van der Waals surface area contributed by atoms with E-state index < -0.39 is 177 Å². The predicted octanol–water partition coefficient (Wildman–Crippen LogP) is -5.48. The van der Waals surface area contributed by atoms with Gasteiger partial charge in [-0.3, -0.25) is 4.79 Å². The molecule has 0 unspecified atom stereocenters. The van der Waals surface area contributed by atoms with Gasteiger partial charge in [0.05, 0.1) is 37.4 Å². The van der Waals surface area contributed by atoms with Crippen molar-refractivity contribution in [1.29, 1.82) is 0 Å². The number of rotatable bonds is 16. The van der Waals surface area contributed by atoms with Gasteiger partial charge in [-0.15, -0.1) is 0 Å². The minimum atomic E-state index is -1.96. The second-order valence-electron chi connectivity index (χ2n) is 20.6. The van der Waals surface area contributed by atoms with E-state index in [0.29, 0.717) is 56.9 Å². The molecule has 7 fully saturated rings. The molecule has 3 aliphatic heterocycles. The number of esters is 1. The molecule has 386 valence electrons. The van der Waals surface area contributed by atoms with Crippen LogP contribution >= 0.6 is 0 Å². The topological polar surface area (TPSA) is 385 Å². The molecule has 7 rings (SSSR count). The standard InChI is InChI=1S/C44H72O23/c1-18-11-43-9-5-24-41(2,7-4-8-42(24,3)40(60)61-16-20(50)27(52)26(51)19(49)12-45)25(43)6-10-44(18,17-43)67-39-36(66-38-34(59)32(57)29(54)22(14-47)63-38)35(30(55)23(15-48)64-39)65-37-33(58)31(56)28(53)21(13-46)62-37/h19-39,45-59H,1,4-17H2,2-3H3/t19-,20-,21-,22-,23-,24+,25+,26-,27-,28-,29-,30-,31+,32+,33-,34-,35+,36-,37+,38+,39+,41-,42-,43-,44+/m1/s1. The van der Waals surface area contributed by atoms with Gasteiger partial charge < -0.3 is 110 Å². The lowest BCUT2D eigenvalue weighted by Crippen LogP contribution is -2.68. The number of aliphatic hydroxyl groups excluding tert-OH is 15. The summed E-state index contributed by atoms with van der Waals surface area (Å²) in [4.78, 5) is 14.0. The van der Waals surface area contributed by atoms with Gasteiger partial charge in [-0.1, -0.05) is 19.9 Å². The van der Waals surface area contributed by atoms with Gasteiger partial charge in [0, 0.05) is 0 Å². The Bertz CT molecular complexity index is 1710. The molecule has 2 bridgehead atoms. The monoisotopic (exact) mass is 968 g/mol. The fraction of sp³-hybridized carbons (Fsp3) is 0.932. The molecule has 67 heavy (non-hydrogen) atoms. The van der Waals surface area contributed by atoms with Crippen LogP contribution in [0.1, 0.15) is 71.6 Å². The van der Waals surface area contributed by atoms with E-state index in [1.54, 1.807) is 0 Å². The highest BCUT2D eigenvalue weighted by Gasteiger charge is 2.69. The Hall–Kier alpha value is -1.63. The summed E-state index contributed by atoms with van der Waals surface area (Å²) in [7, 11) is 0. The van der Waals surface area contributed by atoms with Crippen molar-refractivity contribution in [2.24, 2.45) is 28.1 Å².